The summed E-state index contributed by atoms with van der Waals surface area (Å²) in [5, 5.41) is 3.26. The first kappa shape index (κ1) is 20.8. The summed E-state index contributed by atoms with van der Waals surface area (Å²) in [6.07, 6.45) is 3.86. The molecule has 0 radical (unpaired) electrons. The standard InChI is InChI=1S/C20H22ClFN2O3S/c21-17-10-4-1-7-15(17)13-24(14-20(25)23-16-8-2-3-9-16)28(26,27)19-12-6-5-11-18(19)22/h1,4-7,10-12,16H,2-3,8-9,13-14H2,(H,23,25). The Labute approximate surface area is 169 Å². The molecule has 0 unspecified atom stereocenters. The average molecular weight is 425 g/mol. The van der Waals surface area contributed by atoms with Crippen molar-refractivity contribution >= 4 is 27.5 Å². The van der Waals surface area contributed by atoms with E-state index >= 15 is 0 Å². The molecule has 0 spiro atoms. The summed E-state index contributed by atoms with van der Waals surface area (Å²) in [4.78, 5) is 12.0. The molecule has 1 amide bonds. The Morgan fingerprint density at radius 2 is 1.75 bits per heavy atom. The van der Waals surface area contributed by atoms with Crippen molar-refractivity contribution < 1.29 is 17.6 Å². The Morgan fingerprint density at radius 3 is 2.43 bits per heavy atom. The van der Waals surface area contributed by atoms with Crippen molar-refractivity contribution in [2.75, 3.05) is 6.54 Å². The molecule has 1 saturated carbocycles. The van der Waals surface area contributed by atoms with Gasteiger partial charge in [-0.1, -0.05) is 54.8 Å². The van der Waals surface area contributed by atoms with Gasteiger partial charge in [-0.3, -0.25) is 4.79 Å². The van der Waals surface area contributed by atoms with Gasteiger partial charge in [0.15, 0.2) is 0 Å². The Bertz CT molecular complexity index is 946. The van der Waals surface area contributed by atoms with Crippen molar-refractivity contribution in [2.45, 2.75) is 43.2 Å². The summed E-state index contributed by atoms with van der Waals surface area (Å²) in [6.45, 7) is -0.535. The molecule has 2 aromatic rings. The number of hydrogen-bond donors (Lipinski definition) is 1. The molecular weight excluding hydrogens is 403 g/mol. The van der Waals surface area contributed by atoms with Crippen LogP contribution in [0.25, 0.3) is 0 Å². The molecule has 0 aliphatic heterocycles. The molecule has 2 aromatic carbocycles. The number of rotatable bonds is 7. The summed E-state index contributed by atoms with van der Waals surface area (Å²) >= 11 is 6.17. The van der Waals surface area contributed by atoms with Gasteiger partial charge in [-0.2, -0.15) is 4.31 Å². The molecule has 1 aliphatic rings. The van der Waals surface area contributed by atoms with Crippen molar-refractivity contribution in [3.8, 4) is 0 Å². The minimum atomic E-state index is -4.24. The van der Waals surface area contributed by atoms with E-state index in [0.29, 0.717) is 10.6 Å². The molecule has 150 valence electrons. The van der Waals surface area contributed by atoms with E-state index < -0.39 is 33.2 Å². The van der Waals surface area contributed by atoms with E-state index in [1.54, 1.807) is 24.3 Å². The molecule has 28 heavy (non-hydrogen) atoms. The smallest absolute Gasteiger partial charge is 0.246 e. The lowest BCUT2D eigenvalue weighted by Gasteiger charge is -2.23. The van der Waals surface area contributed by atoms with Gasteiger partial charge in [0.1, 0.15) is 10.7 Å². The summed E-state index contributed by atoms with van der Waals surface area (Å²) < 4.78 is 41.4. The Morgan fingerprint density at radius 1 is 1.11 bits per heavy atom. The third kappa shape index (κ3) is 4.90. The molecule has 1 fully saturated rings. The van der Waals surface area contributed by atoms with Crippen LogP contribution >= 0.6 is 11.6 Å². The summed E-state index contributed by atoms with van der Waals surface area (Å²) in [6, 6.07) is 12.0. The number of carbonyl (C=O) groups is 1. The van der Waals surface area contributed by atoms with Crippen LogP contribution in [-0.4, -0.2) is 31.2 Å². The highest BCUT2D eigenvalue weighted by Crippen LogP contribution is 2.24. The van der Waals surface area contributed by atoms with Crippen molar-refractivity contribution in [3.63, 3.8) is 0 Å². The monoisotopic (exact) mass is 424 g/mol. The largest absolute Gasteiger partial charge is 0.352 e. The first-order valence-electron chi connectivity index (χ1n) is 9.15. The van der Waals surface area contributed by atoms with E-state index in [1.807, 2.05) is 0 Å². The van der Waals surface area contributed by atoms with Gasteiger partial charge in [0.2, 0.25) is 15.9 Å². The zero-order valence-electron chi connectivity index (χ0n) is 15.3. The van der Waals surface area contributed by atoms with E-state index in [-0.39, 0.29) is 12.6 Å². The maximum absolute atomic E-state index is 14.2. The number of halogens is 2. The molecule has 8 heteroatoms. The van der Waals surface area contributed by atoms with E-state index in [9.17, 15) is 17.6 Å². The Hall–Kier alpha value is -1.96. The fourth-order valence-electron chi connectivity index (χ4n) is 3.34. The maximum Gasteiger partial charge on any atom is 0.246 e. The van der Waals surface area contributed by atoms with E-state index in [1.165, 1.54) is 18.2 Å². The predicted octanol–water partition coefficient (Wildman–Crippen LogP) is 3.73. The van der Waals surface area contributed by atoms with Crippen LogP contribution in [0.3, 0.4) is 0 Å². The average Bonchev–Trinajstić information content (AvgIpc) is 3.16. The highest BCUT2D eigenvalue weighted by molar-refractivity contribution is 7.89. The van der Waals surface area contributed by atoms with Gasteiger partial charge in [-0.15, -0.1) is 0 Å². The number of carbonyl (C=O) groups excluding carboxylic acids is 1. The van der Waals surface area contributed by atoms with Gasteiger partial charge in [0.05, 0.1) is 6.54 Å². The van der Waals surface area contributed by atoms with Crippen molar-refractivity contribution in [1.82, 2.24) is 9.62 Å². The van der Waals surface area contributed by atoms with Crippen LogP contribution in [0.1, 0.15) is 31.2 Å². The number of amides is 1. The fraction of sp³-hybridized carbons (Fsp3) is 0.350. The van der Waals surface area contributed by atoms with Crippen LogP contribution < -0.4 is 5.32 Å². The molecule has 1 aliphatic carbocycles. The third-order valence-corrected chi connectivity index (χ3v) is 6.99. The summed E-state index contributed by atoms with van der Waals surface area (Å²) in [7, 11) is -4.24. The molecule has 0 heterocycles. The quantitative estimate of drug-likeness (QED) is 0.736. The lowest BCUT2D eigenvalue weighted by atomic mass is 10.2. The molecular formula is C20H22ClFN2O3S. The number of sulfonamides is 1. The summed E-state index contributed by atoms with van der Waals surface area (Å²) in [5.74, 6) is -1.26. The molecule has 0 bridgehead atoms. The zero-order valence-corrected chi connectivity index (χ0v) is 16.8. The van der Waals surface area contributed by atoms with E-state index in [2.05, 4.69) is 5.32 Å². The van der Waals surface area contributed by atoms with Crippen molar-refractivity contribution in [1.29, 1.82) is 0 Å². The van der Waals surface area contributed by atoms with Crippen LogP contribution in [0.5, 0.6) is 0 Å². The Balaban J connectivity index is 1.88. The van der Waals surface area contributed by atoms with Crippen LogP contribution in [0, 0.1) is 5.82 Å². The van der Waals surface area contributed by atoms with Gasteiger partial charge >= 0.3 is 0 Å². The maximum atomic E-state index is 14.2. The van der Waals surface area contributed by atoms with Crippen LogP contribution in [0.15, 0.2) is 53.4 Å². The fourth-order valence-corrected chi connectivity index (χ4v) is 4.97. The minimum Gasteiger partial charge on any atom is -0.352 e. The van der Waals surface area contributed by atoms with Crippen LogP contribution in [-0.2, 0) is 21.4 Å². The number of hydrogen-bond acceptors (Lipinski definition) is 3. The number of nitrogens with zero attached hydrogens (tertiary/aromatic N) is 1. The molecule has 5 nitrogen and oxygen atoms in total. The molecule has 1 N–H and O–H groups in total. The molecule has 0 aromatic heterocycles. The first-order valence-corrected chi connectivity index (χ1v) is 11.0. The van der Waals surface area contributed by atoms with Gasteiger partial charge in [0, 0.05) is 17.6 Å². The van der Waals surface area contributed by atoms with Gasteiger partial charge in [-0.25, -0.2) is 12.8 Å². The second-order valence-electron chi connectivity index (χ2n) is 6.84. The molecule has 0 saturated heterocycles. The van der Waals surface area contributed by atoms with Crippen LogP contribution in [0.2, 0.25) is 5.02 Å². The second-order valence-corrected chi connectivity index (χ2v) is 9.16. The lowest BCUT2D eigenvalue weighted by Crippen LogP contribution is -2.43. The van der Waals surface area contributed by atoms with Gasteiger partial charge < -0.3 is 5.32 Å². The van der Waals surface area contributed by atoms with E-state index in [0.717, 1.165) is 36.1 Å². The summed E-state index contributed by atoms with van der Waals surface area (Å²) in [5.41, 5.74) is 0.540. The second kappa shape index (κ2) is 9.03. The topological polar surface area (TPSA) is 66.5 Å². The SMILES string of the molecule is O=C(CN(Cc1ccccc1Cl)S(=O)(=O)c1ccccc1F)NC1CCCC1. The third-order valence-electron chi connectivity index (χ3n) is 4.80. The first-order chi connectivity index (χ1) is 13.4. The minimum absolute atomic E-state index is 0.0610. The zero-order chi connectivity index (χ0) is 20.1. The van der Waals surface area contributed by atoms with E-state index in [4.69, 9.17) is 11.6 Å². The highest BCUT2D eigenvalue weighted by Gasteiger charge is 2.30. The van der Waals surface area contributed by atoms with Crippen molar-refractivity contribution in [2.24, 2.45) is 0 Å². The number of nitrogens with one attached hydrogen (secondary N) is 1. The lowest BCUT2D eigenvalue weighted by molar-refractivity contribution is -0.122. The molecule has 0 atom stereocenters. The Kier molecular flexibility index (Phi) is 6.69. The number of benzene rings is 2. The normalized spacial score (nSPS) is 15.1. The van der Waals surface area contributed by atoms with Crippen LogP contribution in [0.4, 0.5) is 4.39 Å². The van der Waals surface area contributed by atoms with Gasteiger partial charge in [0.25, 0.3) is 0 Å². The highest BCUT2D eigenvalue weighted by atomic mass is 35.5. The molecule has 3 rings (SSSR count). The predicted molar refractivity (Wildman–Crippen MR) is 106 cm³/mol. The van der Waals surface area contributed by atoms with Gasteiger partial charge in [-0.05, 0) is 36.6 Å². The van der Waals surface area contributed by atoms with Crippen molar-refractivity contribution in [3.05, 3.63) is 64.9 Å².